The van der Waals surface area contributed by atoms with E-state index in [9.17, 15) is 5.11 Å². The van der Waals surface area contributed by atoms with Crippen molar-refractivity contribution in [2.24, 2.45) is 5.73 Å². The van der Waals surface area contributed by atoms with Crippen molar-refractivity contribution in [1.82, 2.24) is 4.98 Å². The summed E-state index contributed by atoms with van der Waals surface area (Å²) in [5, 5.41) is 9.79. The number of nitrogens with two attached hydrogens (primary N) is 1. The highest BCUT2D eigenvalue weighted by atomic mass is 35.5. The SMILES string of the molecule is NCc1cc(Cl)nc(-c2cccc(O)c2)c1. The van der Waals surface area contributed by atoms with E-state index >= 15 is 0 Å². The Morgan fingerprint density at radius 1 is 1.25 bits per heavy atom. The van der Waals surface area contributed by atoms with Crippen LogP contribution in [0.5, 0.6) is 5.75 Å². The lowest BCUT2D eigenvalue weighted by Crippen LogP contribution is -1.97. The molecule has 0 fully saturated rings. The molecule has 82 valence electrons. The van der Waals surface area contributed by atoms with E-state index in [0.717, 1.165) is 11.1 Å². The summed E-state index contributed by atoms with van der Waals surface area (Å²) in [5.74, 6) is 0.202. The van der Waals surface area contributed by atoms with Gasteiger partial charge in [0, 0.05) is 12.1 Å². The average Bonchev–Trinajstić information content (AvgIpc) is 2.28. The molecular formula is C12H11ClN2O. The van der Waals surface area contributed by atoms with Gasteiger partial charge in [0.05, 0.1) is 5.69 Å². The highest BCUT2D eigenvalue weighted by Crippen LogP contribution is 2.24. The molecule has 16 heavy (non-hydrogen) atoms. The molecule has 0 saturated carbocycles. The minimum absolute atomic E-state index is 0.202. The van der Waals surface area contributed by atoms with Crippen LogP contribution in [0.15, 0.2) is 36.4 Å². The number of aromatic nitrogens is 1. The zero-order valence-electron chi connectivity index (χ0n) is 8.52. The molecule has 2 aromatic rings. The van der Waals surface area contributed by atoms with Gasteiger partial charge in [-0.3, -0.25) is 0 Å². The Kier molecular flexibility index (Phi) is 3.08. The van der Waals surface area contributed by atoms with Gasteiger partial charge in [-0.2, -0.15) is 0 Å². The molecule has 0 radical (unpaired) electrons. The van der Waals surface area contributed by atoms with Crippen LogP contribution < -0.4 is 5.73 Å². The monoisotopic (exact) mass is 234 g/mol. The van der Waals surface area contributed by atoms with Crippen molar-refractivity contribution in [2.45, 2.75) is 6.54 Å². The fraction of sp³-hybridized carbons (Fsp3) is 0.0833. The largest absolute Gasteiger partial charge is 0.508 e. The predicted octanol–water partition coefficient (Wildman–Crippen LogP) is 2.57. The maximum absolute atomic E-state index is 9.38. The van der Waals surface area contributed by atoms with Crippen LogP contribution in [-0.2, 0) is 6.54 Å². The van der Waals surface area contributed by atoms with Crippen molar-refractivity contribution in [3.63, 3.8) is 0 Å². The number of benzene rings is 1. The number of nitrogens with zero attached hydrogens (tertiary/aromatic N) is 1. The zero-order valence-corrected chi connectivity index (χ0v) is 9.28. The van der Waals surface area contributed by atoms with Crippen LogP contribution in [0.3, 0.4) is 0 Å². The average molecular weight is 235 g/mol. The number of phenols is 1. The Labute approximate surface area is 98.5 Å². The summed E-state index contributed by atoms with van der Waals surface area (Å²) < 4.78 is 0. The van der Waals surface area contributed by atoms with Crippen LogP contribution >= 0.6 is 11.6 Å². The lowest BCUT2D eigenvalue weighted by atomic mass is 10.1. The first-order valence-corrected chi connectivity index (χ1v) is 5.23. The molecule has 0 amide bonds. The normalized spacial score (nSPS) is 10.4. The maximum atomic E-state index is 9.38. The van der Waals surface area contributed by atoms with Gasteiger partial charge in [0.2, 0.25) is 0 Å². The van der Waals surface area contributed by atoms with E-state index < -0.39 is 0 Å². The van der Waals surface area contributed by atoms with Crippen LogP contribution in [0.2, 0.25) is 5.15 Å². The summed E-state index contributed by atoms with van der Waals surface area (Å²) >= 11 is 5.89. The molecule has 0 spiro atoms. The van der Waals surface area contributed by atoms with E-state index in [1.807, 2.05) is 12.1 Å². The Bertz CT molecular complexity index is 514. The Morgan fingerprint density at radius 3 is 2.75 bits per heavy atom. The van der Waals surface area contributed by atoms with Crippen LogP contribution in [-0.4, -0.2) is 10.1 Å². The standard InChI is InChI=1S/C12H11ClN2O/c13-12-5-8(7-14)4-11(15-12)9-2-1-3-10(16)6-9/h1-6,16H,7,14H2. The molecule has 0 aliphatic carbocycles. The number of rotatable bonds is 2. The van der Waals surface area contributed by atoms with E-state index in [-0.39, 0.29) is 5.75 Å². The fourth-order valence-corrected chi connectivity index (χ4v) is 1.71. The molecule has 0 bridgehead atoms. The molecule has 2 rings (SSSR count). The number of phenolic OH excluding ortho intramolecular Hbond substituents is 1. The summed E-state index contributed by atoms with van der Waals surface area (Å²) in [6.07, 6.45) is 0. The van der Waals surface area contributed by atoms with Gasteiger partial charge in [-0.05, 0) is 29.8 Å². The second-order valence-electron chi connectivity index (χ2n) is 3.44. The first-order valence-electron chi connectivity index (χ1n) is 4.85. The van der Waals surface area contributed by atoms with Gasteiger partial charge in [-0.15, -0.1) is 0 Å². The molecule has 3 nitrogen and oxygen atoms in total. The summed E-state index contributed by atoms with van der Waals surface area (Å²) in [6.45, 7) is 0.411. The van der Waals surface area contributed by atoms with Gasteiger partial charge in [-0.1, -0.05) is 23.7 Å². The minimum atomic E-state index is 0.202. The number of hydrogen-bond donors (Lipinski definition) is 2. The third-order valence-electron chi connectivity index (χ3n) is 2.23. The Balaban J connectivity index is 2.51. The number of hydrogen-bond acceptors (Lipinski definition) is 3. The van der Waals surface area contributed by atoms with E-state index in [0.29, 0.717) is 17.4 Å². The summed E-state index contributed by atoms with van der Waals surface area (Å²) in [6, 6.07) is 10.5. The highest BCUT2D eigenvalue weighted by Gasteiger charge is 2.03. The molecule has 0 atom stereocenters. The molecule has 0 aliphatic rings. The van der Waals surface area contributed by atoms with Crippen LogP contribution in [0.1, 0.15) is 5.56 Å². The number of aromatic hydroxyl groups is 1. The minimum Gasteiger partial charge on any atom is -0.508 e. The van der Waals surface area contributed by atoms with Gasteiger partial charge in [0.15, 0.2) is 0 Å². The van der Waals surface area contributed by atoms with Gasteiger partial charge < -0.3 is 10.8 Å². The molecule has 1 aromatic heterocycles. The quantitative estimate of drug-likeness (QED) is 0.786. The second kappa shape index (κ2) is 4.51. The third-order valence-corrected chi connectivity index (χ3v) is 2.43. The van der Waals surface area contributed by atoms with E-state index in [1.54, 1.807) is 24.3 Å². The molecule has 0 aliphatic heterocycles. The van der Waals surface area contributed by atoms with E-state index in [1.165, 1.54) is 0 Å². The zero-order chi connectivity index (χ0) is 11.5. The second-order valence-corrected chi connectivity index (χ2v) is 3.83. The number of pyridine rings is 1. The fourth-order valence-electron chi connectivity index (χ4n) is 1.48. The molecular weight excluding hydrogens is 224 g/mol. The molecule has 4 heteroatoms. The summed E-state index contributed by atoms with van der Waals surface area (Å²) in [7, 11) is 0. The molecule has 0 saturated heterocycles. The lowest BCUT2D eigenvalue weighted by molar-refractivity contribution is 0.475. The van der Waals surface area contributed by atoms with Gasteiger partial charge in [0.1, 0.15) is 10.9 Å². The first-order chi connectivity index (χ1) is 7.69. The van der Waals surface area contributed by atoms with Crippen molar-refractivity contribution in [1.29, 1.82) is 0 Å². The predicted molar refractivity (Wildman–Crippen MR) is 64.2 cm³/mol. The van der Waals surface area contributed by atoms with Crippen molar-refractivity contribution < 1.29 is 5.11 Å². The van der Waals surface area contributed by atoms with Crippen molar-refractivity contribution in [2.75, 3.05) is 0 Å². The van der Waals surface area contributed by atoms with Gasteiger partial charge in [-0.25, -0.2) is 4.98 Å². The van der Waals surface area contributed by atoms with Crippen molar-refractivity contribution >= 4 is 11.6 Å². The van der Waals surface area contributed by atoms with E-state index in [4.69, 9.17) is 17.3 Å². The molecule has 3 N–H and O–H groups in total. The highest BCUT2D eigenvalue weighted by molar-refractivity contribution is 6.29. The molecule has 1 aromatic carbocycles. The van der Waals surface area contributed by atoms with Crippen LogP contribution in [0, 0.1) is 0 Å². The van der Waals surface area contributed by atoms with E-state index in [2.05, 4.69) is 4.98 Å². The molecule has 1 heterocycles. The van der Waals surface area contributed by atoms with Crippen molar-refractivity contribution in [3.05, 3.63) is 47.1 Å². The smallest absolute Gasteiger partial charge is 0.130 e. The topological polar surface area (TPSA) is 59.1 Å². The van der Waals surface area contributed by atoms with Crippen LogP contribution in [0.25, 0.3) is 11.3 Å². The summed E-state index contributed by atoms with van der Waals surface area (Å²) in [4.78, 5) is 4.19. The van der Waals surface area contributed by atoms with Gasteiger partial charge >= 0.3 is 0 Å². The summed E-state index contributed by atoms with van der Waals surface area (Å²) in [5.41, 5.74) is 8.00. The van der Waals surface area contributed by atoms with Gasteiger partial charge in [0.25, 0.3) is 0 Å². The third kappa shape index (κ3) is 2.32. The maximum Gasteiger partial charge on any atom is 0.130 e. The van der Waals surface area contributed by atoms with Crippen molar-refractivity contribution in [3.8, 4) is 17.0 Å². The molecule has 0 unspecified atom stereocenters. The Hall–Kier alpha value is -1.58. The number of halogens is 1. The van der Waals surface area contributed by atoms with Crippen LogP contribution in [0.4, 0.5) is 0 Å². The first kappa shape index (κ1) is 10.9. The Morgan fingerprint density at radius 2 is 2.06 bits per heavy atom. The lowest BCUT2D eigenvalue weighted by Gasteiger charge is -2.05.